The van der Waals surface area contributed by atoms with Crippen LogP contribution in [0.2, 0.25) is 0 Å². The zero-order valence-electron chi connectivity index (χ0n) is 29.7. The summed E-state index contributed by atoms with van der Waals surface area (Å²) in [4.78, 5) is 7.24. The van der Waals surface area contributed by atoms with Gasteiger partial charge in [0.05, 0.1) is 11.1 Å². The second-order valence-corrected chi connectivity index (χ2v) is 13.9. The number of rotatable bonds is 6. The molecule has 0 unspecified atom stereocenters. The van der Waals surface area contributed by atoms with Gasteiger partial charge in [-0.05, 0) is 104 Å². The number of benzene rings is 9. The van der Waals surface area contributed by atoms with Crippen molar-refractivity contribution >= 4 is 71.6 Å². The van der Waals surface area contributed by atoms with Crippen LogP contribution in [0.3, 0.4) is 0 Å². The maximum Gasteiger partial charge on any atom is 0.228 e. The van der Waals surface area contributed by atoms with E-state index in [2.05, 4.69) is 175 Å². The minimum atomic E-state index is 0.576. The first-order valence-corrected chi connectivity index (χ1v) is 18.5. The molecule has 0 fully saturated rings. The number of hydrogen-bond acceptors (Lipinski definition) is 4. The number of oxazole rings is 1. The van der Waals surface area contributed by atoms with Crippen molar-refractivity contribution in [2.24, 2.45) is 0 Å². The van der Waals surface area contributed by atoms with Crippen LogP contribution in [0.15, 0.2) is 203 Å². The Morgan fingerprint density at radius 2 is 1.00 bits per heavy atom. The molecule has 0 spiro atoms. The molecule has 0 aliphatic rings. The zero-order chi connectivity index (χ0) is 36.3. The van der Waals surface area contributed by atoms with Crippen LogP contribution < -0.4 is 4.90 Å². The van der Waals surface area contributed by atoms with Crippen molar-refractivity contribution in [3.8, 4) is 33.7 Å². The van der Waals surface area contributed by atoms with E-state index in [1.54, 1.807) is 0 Å². The second kappa shape index (κ2) is 12.6. The molecule has 0 saturated heterocycles. The number of anilines is 3. The number of nitrogens with zero attached hydrogens (tertiary/aromatic N) is 2. The summed E-state index contributed by atoms with van der Waals surface area (Å²) < 4.78 is 13.1. The van der Waals surface area contributed by atoms with E-state index in [4.69, 9.17) is 13.8 Å². The van der Waals surface area contributed by atoms with Gasteiger partial charge in [0.1, 0.15) is 16.7 Å². The highest BCUT2D eigenvalue weighted by molar-refractivity contribution is 6.25. The lowest BCUT2D eigenvalue weighted by atomic mass is 9.97. The first kappa shape index (κ1) is 31.1. The van der Waals surface area contributed by atoms with Crippen LogP contribution in [-0.4, -0.2) is 4.98 Å². The van der Waals surface area contributed by atoms with Crippen LogP contribution in [-0.2, 0) is 0 Å². The lowest BCUT2D eigenvalue weighted by Gasteiger charge is -2.27. The van der Waals surface area contributed by atoms with Gasteiger partial charge in [0, 0.05) is 22.3 Å². The molecular weight excluding hydrogens is 673 g/mol. The summed E-state index contributed by atoms with van der Waals surface area (Å²) in [6.45, 7) is 0. The van der Waals surface area contributed by atoms with Crippen LogP contribution in [0.25, 0.3) is 88.3 Å². The van der Waals surface area contributed by atoms with E-state index < -0.39 is 0 Å². The fourth-order valence-electron chi connectivity index (χ4n) is 8.06. The molecule has 0 saturated carbocycles. The number of hydrogen-bond donors (Lipinski definition) is 0. The number of fused-ring (bicyclic) bond motifs is 7. The minimum absolute atomic E-state index is 0.576. The van der Waals surface area contributed by atoms with Crippen molar-refractivity contribution in [1.29, 1.82) is 0 Å². The Balaban J connectivity index is 1.13. The largest absolute Gasteiger partial charge is 0.456 e. The molecule has 2 aromatic heterocycles. The SMILES string of the molecule is c1ccc(-c2ccc(N(c3ccc4cc(-c5ccccc5)ccc4c3)c3cccc4oc5cc(-c6nc7ccccc7o6)c6ccccc6c5c34)cc2)cc1. The highest BCUT2D eigenvalue weighted by atomic mass is 16.3. The number of aromatic nitrogens is 1. The van der Waals surface area contributed by atoms with E-state index in [0.717, 1.165) is 66.4 Å². The van der Waals surface area contributed by atoms with Gasteiger partial charge in [-0.25, -0.2) is 4.98 Å². The summed E-state index contributed by atoms with van der Waals surface area (Å²) in [5.74, 6) is 0.576. The molecule has 0 aliphatic heterocycles. The van der Waals surface area contributed by atoms with E-state index in [-0.39, 0.29) is 0 Å². The van der Waals surface area contributed by atoms with Crippen molar-refractivity contribution in [3.05, 3.63) is 194 Å². The topological polar surface area (TPSA) is 42.4 Å². The van der Waals surface area contributed by atoms with Crippen LogP contribution in [0, 0.1) is 0 Å². The highest BCUT2D eigenvalue weighted by Crippen LogP contribution is 2.47. The maximum absolute atomic E-state index is 6.77. The summed E-state index contributed by atoms with van der Waals surface area (Å²) in [6, 6.07) is 68.2. The van der Waals surface area contributed by atoms with Crippen molar-refractivity contribution in [1.82, 2.24) is 4.98 Å². The van der Waals surface area contributed by atoms with Gasteiger partial charge >= 0.3 is 0 Å². The average molecular weight is 705 g/mol. The molecule has 2 heterocycles. The predicted molar refractivity (Wildman–Crippen MR) is 227 cm³/mol. The summed E-state index contributed by atoms with van der Waals surface area (Å²) >= 11 is 0. The Hall–Kier alpha value is -7.43. The quantitative estimate of drug-likeness (QED) is 0.173. The molecule has 4 heteroatoms. The van der Waals surface area contributed by atoms with E-state index in [1.807, 2.05) is 24.3 Å². The molecule has 0 amide bonds. The Kier molecular flexibility index (Phi) is 7.14. The van der Waals surface area contributed by atoms with Gasteiger partial charge in [-0.2, -0.15) is 0 Å². The fourth-order valence-corrected chi connectivity index (χ4v) is 8.06. The second-order valence-electron chi connectivity index (χ2n) is 13.9. The third-order valence-corrected chi connectivity index (χ3v) is 10.7. The molecule has 4 nitrogen and oxygen atoms in total. The summed E-state index contributed by atoms with van der Waals surface area (Å²) in [6.07, 6.45) is 0. The van der Waals surface area contributed by atoms with Gasteiger partial charge in [0.25, 0.3) is 0 Å². The van der Waals surface area contributed by atoms with Crippen LogP contribution in [0.5, 0.6) is 0 Å². The van der Waals surface area contributed by atoms with Crippen molar-refractivity contribution in [3.63, 3.8) is 0 Å². The molecule has 258 valence electrons. The normalized spacial score (nSPS) is 11.6. The predicted octanol–water partition coefficient (Wildman–Crippen LogP) is 14.5. The van der Waals surface area contributed by atoms with Gasteiger partial charge in [0.2, 0.25) is 5.89 Å². The third-order valence-electron chi connectivity index (χ3n) is 10.7. The van der Waals surface area contributed by atoms with Crippen LogP contribution in [0.1, 0.15) is 0 Å². The van der Waals surface area contributed by atoms with Gasteiger partial charge in [-0.3, -0.25) is 0 Å². The molecule has 0 bridgehead atoms. The summed E-state index contributed by atoms with van der Waals surface area (Å²) in [5, 5.41) is 6.59. The smallest absolute Gasteiger partial charge is 0.228 e. The fraction of sp³-hybridized carbons (Fsp3) is 0. The monoisotopic (exact) mass is 704 g/mol. The average Bonchev–Trinajstić information content (AvgIpc) is 3.87. The maximum atomic E-state index is 6.77. The molecule has 55 heavy (non-hydrogen) atoms. The van der Waals surface area contributed by atoms with Gasteiger partial charge in [-0.1, -0.05) is 133 Å². The molecule has 0 atom stereocenters. The number of para-hydroxylation sites is 2. The molecule has 0 radical (unpaired) electrons. The van der Waals surface area contributed by atoms with Crippen LogP contribution in [0.4, 0.5) is 17.1 Å². The Bertz CT molecular complexity index is 3170. The summed E-state index contributed by atoms with van der Waals surface area (Å²) in [5.41, 5.74) is 12.0. The molecule has 11 aromatic rings. The zero-order valence-corrected chi connectivity index (χ0v) is 29.7. The Morgan fingerprint density at radius 1 is 0.382 bits per heavy atom. The highest BCUT2D eigenvalue weighted by Gasteiger charge is 2.23. The van der Waals surface area contributed by atoms with Crippen molar-refractivity contribution in [2.45, 2.75) is 0 Å². The Morgan fingerprint density at radius 3 is 1.80 bits per heavy atom. The van der Waals surface area contributed by atoms with E-state index >= 15 is 0 Å². The first-order valence-electron chi connectivity index (χ1n) is 18.5. The molecule has 0 aliphatic carbocycles. The van der Waals surface area contributed by atoms with Gasteiger partial charge < -0.3 is 13.7 Å². The molecular formula is C51H32N2O2. The minimum Gasteiger partial charge on any atom is -0.456 e. The lowest BCUT2D eigenvalue weighted by molar-refractivity contribution is 0.620. The van der Waals surface area contributed by atoms with E-state index in [0.29, 0.717) is 5.89 Å². The van der Waals surface area contributed by atoms with Crippen LogP contribution >= 0.6 is 0 Å². The summed E-state index contributed by atoms with van der Waals surface area (Å²) in [7, 11) is 0. The number of furan rings is 1. The molecule has 11 rings (SSSR count). The first-order chi connectivity index (χ1) is 27.2. The molecule has 0 N–H and O–H groups in total. The van der Waals surface area contributed by atoms with Crippen molar-refractivity contribution < 1.29 is 8.83 Å². The lowest BCUT2D eigenvalue weighted by Crippen LogP contribution is -2.10. The Labute approximate surface area is 317 Å². The standard InChI is InChI=1S/C51H32N2O2/c1-3-12-33(13-4-1)35-24-27-39(28-25-35)53(40-29-26-37-30-36(22-23-38(37)31-40)34-14-5-2-6-15-34)45-19-11-21-47-50(45)49-42-17-8-7-16-41(42)43(32-48(49)54-47)51-52-44-18-9-10-20-46(44)55-51/h1-32H. The van der Waals surface area contributed by atoms with E-state index in [1.165, 1.54) is 33.0 Å². The third kappa shape index (κ3) is 5.26. The van der Waals surface area contributed by atoms with Crippen molar-refractivity contribution in [2.75, 3.05) is 4.90 Å². The van der Waals surface area contributed by atoms with E-state index in [9.17, 15) is 0 Å². The molecule has 9 aromatic carbocycles. The van der Waals surface area contributed by atoms with Gasteiger partial charge in [0.15, 0.2) is 5.58 Å². The van der Waals surface area contributed by atoms with Gasteiger partial charge in [-0.15, -0.1) is 0 Å².